The minimum absolute atomic E-state index is 0.304. The zero-order valence-corrected chi connectivity index (χ0v) is 9.27. The largest absolute Gasteiger partial charge is 0.389 e. The molecule has 0 unspecified atom stereocenters. The maximum atomic E-state index is 6.06. The Morgan fingerprint density at radius 2 is 2.13 bits per heavy atom. The predicted octanol–water partition coefficient (Wildman–Crippen LogP) is 2.36. The molecule has 0 saturated heterocycles. The number of nitrogens with zero attached hydrogens (tertiary/aromatic N) is 1. The van der Waals surface area contributed by atoms with Crippen LogP contribution in [0.2, 0.25) is 5.02 Å². The Morgan fingerprint density at radius 1 is 1.40 bits per heavy atom. The van der Waals surface area contributed by atoms with Gasteiger partial charge in [-0.1, -0.05) is 42.0 Å². The van der Waals surface area contributed by atoms with Crippen LogP contribution in [-0.4, -0.2) is 15.2 Å². The summed E-state index contributed by atoms with van der Waals surface area (Å²) in [5, 5.41) is 7.39. The molecule has 0 saturated carbocycles. The maximum absolute atomic E-state index is 6.06. The van der Waals surface area contributed by atoms with Gasteiger partial charge < -0.3 is 5.73 Å². The molecular weight excluding hydrogens is 230 g/mol. The average molecular weight is 238 g/mol. The highest BCUT2D eigenvalue weighted by molar-refractivity contribution is 7.80. The van der Waals surface area contributed by atoms with Crippen LogP contribution in [-0.2, 0) is 0 Å². The lowest BCUT2D eigenvalue weighted by Gasteiger charge is -2.03. The van der Waals surface area contributed by atoms with Crippen molar-refractivity contribution in [2.75, 3.05) is 0 Å². The minimum atomic E-state index is 0.304. The van der Waals surface area contributed by atoms with Crippen molar-refractivity contribution < 1.29 is 0 Å². The van der Waals surface area contributed by atoms with Gasteiger partial charge in [-0.15, -0.1) is 0 Å². The zero-order chi connectivity index (χ0) is 10.8. The second-order valence-corrected chi connectivity index (χ2v) is 3.85. The number of H-pyrrole nitrogens is 1. The highest BCUT2D eigenvalue weighted by Gasteiger charge is 2.11. The summed E-state index contributed by atoms with van der Waals surface area (Å²) in [6.07, 6.45) is 1.60. The zero-order valence-electron chi connectivity index (χ0n) is 7.70. The van der Waals surface area contributed by atoms with Gasteiger partial charge in [0.25, 0.3) is 0 Å². The van der Waals surface area contributed by atoms with Crippen LogP contribution in [0.5, 0.6) is 0 Å². The van der Waals surface area contributed by atoms with Gasteiger partial charge in [-0.05, 0) is 6.07 Å². The van der Waals surface area contributed by atoms with Gasteiger partial charge in [0.15, 0.2) is 0 Å². The Bertz CT molecular complexity index is 507. The van der Waals surface area contributed by atoms with Crippen molar-refractivity contribution in [3.8, 4) is 11.3 Å². The van der Waals surface area contributed by atoms with Crippen molar-refractivity contribution in [1.29, 1.82) is 0 Å². The van der Waals surface area contributed by atoms with Gasteiger partial charge in [0.2, 0.25) is 0 Å². The predicted molar refractivity (Wildman–Crippen MR) is 64.9 cm³/mol. The van der Waals surface area contributed by atoms with Crippen LogP contribution >= 0.6 is 23.8 Å². The van der Waals surface area contributed by atoms with Crippen molar-refractivity contribution in [2.45, 2.75) is 0 Å². The summed E-state index contributed by atoms with van der Waals surface area (Å²) >= 11 is 11.0. The van der Waals surface area contributed by atoms with Crippen LogP contribution < -0.4 is 5.73 Å². The molecule has 3 N–H and O–H groups in total. The number of hydrogen-bond acceptors (Lipinski definition) is 2. The fourth-order valence-corrected chi connectivity index (χ4v) is 1.73. The number of nitrogens with two attached hydrogens (primary N) is 1. The number of rotatable bonds is 2. The lowest BCUT2D eigenvalue weighted by Crippen LogP contribution is -2.09. The normalized spacial score (nSPS) is 10.2. The lowest BCUT2D eigenvalue weighted by molar-refractivity contribution is 1.10. The summed E-state index contributed by atoms with van der Waals surface area (Å²) in [7, 11) is 0. The first kappa shape index (κ1) is 10.1. The molecule has 0 radical (unpaired) electrons. The number of aromatic nitrogens is 2. The molecule has 0 spiro atoms. The van der Waals surface area contributed by atoms with E-state index in [-0.39, 0.29) is 0 Å². The van der Waals surface area contributed by atoms with Gasteiger partial charge in [-0.2, -0.15) is 5.10 Å². The molecule has 0 fully saturated rings. The number of thiocarbonyl (C=S) groups is 1. The van der Waals surface area contributed by atoms with E-state index >= 15 is 0 Å². The Hall–Kier alpha value is -1.39. The van der Waals surface area contributed by atoms with Crippen LogP contribution in [0.25, 0.3) is 11.3 Å². The summed E-state index contributed by atoms with van der Waals surface area (Å²) in [5.41, 5.74) is 7.89. The first-order valence-corrected chi connectivity index (χ1v) is 5.07. The number of aromatic amines is 1. The van der Waals surface area contributed by atoms with Crippen molar-refractivity contribution in [2.24, 2.45) is 5.73 Å². The quantitative estimate of drug-likeness (QED) is 0.789. The van der Waals surface area contributed by atoms with E-state index in [0.717, 1.165) is 11.3 Å². The van der Waals surface area contributed by atoms with Crippen LogP contribution in [0.4, 0.5) is 0 Å². The summed E-state index contributed by atoms with van der Waals surface area (Å²) in [5.74, 6) is 0. The molecule has 1 aromatic carbocycles. The van der Waals surface area contributed by atoms with E-state index in [1.807, 2.05) is 18.2 Å². The molecule has 0 bridgehead atoms. The van der Waals surface area contributed by atoms with Crippen LogP contribution in [0.3, 0.4) is 0 Å². The maximum Gasteiger partial charge on any atom is 0.107 e. The minimum Gasteiger partial charge on any atom is -0.389 e. The fraction of sp³-hybridized carbons (Fsp3) is 0. The lowest BCUT2D eigenvalue weighted by atomic mass is 10.1. The smallest absolute Gasteiger partial charge is 0.107 e. The summed E-state index contributed by atoms with van der Waals surface area (Å²) < 4.78 is 0. The number of halogens is 1. The summed E-state index contributed by atoms with van der Waals surface area (Å²) in [6, 6.07) is 7.45. The van der Waals surface area contributed by atoms with E-state index in [1.165, 1.54) is 0 Å². The Kier molecular flexibility index (Phi) is 2.70. The van der Waals surface area contributed by atoms with Crippen LogP contribution in [0, 0.1) is 0 Å². The molecule has 76 valence electrons. The second-order valence-electron chi connectivity index (χ2n) is 3.00. The van der Waals surface area contributed by atoms with Crippen molar-refractivity contribution >= 4 is 28.8 Å². The van der Waals surface area contributed by atoms with Crippen molar-refractivity contribution in [3.63, 3.8) is 0 Å². The molecule has 2 rings (SSSR count). The molecule has 0 aliphatic rings. The third-order valence-electron chi connectivity index (χ3n) is 2.05. The summed E-state index contributed by atoms with van der Waals surface area (Å²) in [6.45, 7) is 0. The molecule has 3 nitrogen and oxygen atoms in total. The Morgan fingerprint density at radius 3 is 2.80 bits per heavy atom. The number of benzene rings is 1. The van der Waals surface area contributed by atoms with E-state index < -0.39 is 0 Å². The van der Waals surface area contributed by atoms with Gasteiger partial charge in [-0.25, -0.2) is 0 Å². The number of nitrogens with one attached hydrogen (secondary N) is 1. The van der Waals surface area contributed by atoms with E-state index in [4.69, 9.17) is 29.6 Å². The molecule has 15 heavy (non-hydrogen) atoms. The van der Waals surface area contributed by atoms with E-state index in [0.29, 0.717) is 15.6 Å². The molecule has 1 aromatic heterocycles. The van der Waals surface area contributed by atoms with E-state index in [2.05, 4.69) is 10.2 Å². The Labute approximate surface area is 97.3 Å². The van der Waals surface area contributed by atoms with Crippen molar-refractivity contribution in [1.82, 2.24) is 10.2 Å². The van der Waals surface area contributed by atoms with Gasteiger partial charge in [0.05, 0.1) is 17.5 Å². The third kappa shape index (κ3) is 1.86. The standard InChI is InChI=1S/C10H8ClN3S/c11-8-4-2-1-3-6(8)9-7(10(12)15)5-13-14-9/h1-5H,(H2,12,15)(H,13,14). The highest BCUT2D eigenvalue weighted by atomic mass is 35.5. The molecular formula is C10H8ClN3S. The topological polar surface area (TPSA) is 54.7 Å². The first-order valence-electron chi connectivity index (χ1n) is 4.28. The molecule has 5 heteroatoms. The number of hydrogen-bond donors (Lipinski definition) is 2. The fourth-order valence-electron chi connectivity index (χ4n) is 1.34. The highest BCUT2D eigenvalue weighted by Crippen LogP contribution is 2.28. The molecule has 0 aliphatic carbocycles. The SMILES string of the molecule is NC(=S)c1cn[nH]c1-c1ccccc1Cl. The van der Waals surface area contributed by atoms with Crippen molar-refractivity contribution in [3.05, 3.63) is 41.0 Å². The molecule has 0 atom stereocenters. The van der Waals surface area contributed by atoms with Gasteiger partial charge in [-0.3, -0.25) is 5.10 Å². The summed E-state index contributed by atoms with van der Waals surface area (Å²) in [4.78, 5) is 0.304. The molecule has 0 amide bonds. The first-order chi connectivity index (χ1) is 7.20. The average Bonchev–Trinajstić information content (AvgIpc) is 2.67. The monoisotopic (exact) mass is 237 g/mol. The third-order valence-corrected chi connectivity index (χ3v) is 2.60. The second kappa shape index (κ2) is 4.00. The van der Waals surface area contributed by atoms with E-state index in [1.54, 1.807) is 12.3 Å². The van der Waals surface area contributed by atoms with Crippen LogP contribution in [0.1, 0.15) is 5.56 Å². The van der Waals surface area contributed by atoms with Gasteiger partial charge in [0, 0.05) is 10.6 Å². The van der Waals surface area contributed by atoms with E-state index in [9.17, 15) is 0 Å². The molecule has 2 aromatic rings. The molecule has 0 aliphatic heterocycles. The molecule has 1 heterocycles. The van der Waals surface area contributed by atoms with Crippen LogP contribution in [0.15, 0.2) is 30.5 Å². The van der Waals surface area contributed by atoms with Gasteiger partial charge >= 0.3 is 0 Å². The van der Waals surface area contributed by atoms with Gasteiger partial charge in [0.1, 0.15) is 4.99 Å². The Balaban J connectivity index is 2.59.